The van der Waals surface area contributed by atoms with Crippen LogP contribution in [-0.2, 0) is 40.4 Å². The molecule has 3 heterocycles. The van der Waals surface area contributed by atoms with Crippen molar-refractivity contribution in [2.75, 3.05) is 20.3 Å². The SMILES string of the molecule is COCCn1nc(O[C@@H]2C[C@H]3C(=O)N[C@]4(C(=O)NS(=O)(=O)C5CC5)C[C@H]4/C=C\CC[C@H](C)C[C@@H](C)[C@H](NC(=O)OC(C)(C)C)C(=O)N3C2)c2ccccc2c1=O.[HH].[HH].[HH]. The van der Waals surface area contributed by atoms with Crippen molar-refractivity contribution < 1.29 is 46.1 Å². The van der Waals surface area contributed by atoms with Gasteiger partial charge in [0.2, 0.25) is 27.7 Å². The van der Waals surface area contributed by atoms with Crippen molar-refractivity contribution in [1.82, 2.24) is 30.0 Å². The van der Waals surface area contributed by atoms with Gasteiger partial charge in [0.15, 0.2) is 0 Å². The molecule has 0 unspecified atom stereocenters. The maximum Gasteiger partial charge on any atom is 0.408 e. The molecule has 4 amide bonds. The lowest BCUT2D eigenvalue weighted by molar-refractivity contribution is -0.142. The largest absolute Gasteiger partial charge is 0.471 e. The number of nitrogens with zero attached hydrogens (tertiary/aromatic N) is 3. The van der Waals surface area contributed by atoms with Crippen LogP contribution in [0.1, 0.15) is 83.8 Å². The molecule has 2 saturated carbocycles. The molecule has 2 aromatic rings. The highest BCUT2D eigenvalue weighted by atomic mass is 32.2. The highest BCUT2D eigenvalue weighted by molar-refractivity contribution is 7.91. The molecule has 2 aliphatic carbocycles. The van der Waals surface area contributed by atoms with E-state index in [0.29, 0.717) is 36.5 Å². The lowest BCUT2D eigenvalue weighted by Crippen LogP contribution is -2.59. The van der Waals surface area contributed by atoms with Crippen molar-refractivity contribution in [3.63, 3.8) is 0 Å². The molecule has 3 fully saturated rings. The number of ether oxygens (including phenoxy) is 3. The summed E-state index contributed by atoms with van der Waals surface area (Å²) >= 11 is 0. The van der Waals surface area contributed by atoms with Crippen LogP contribution in [0.25, 0.3) is 10.8 Å². The summed E-state index contributed by atoms with van der Waals surface area (Å²) in [6.07, 6.45) is 5.22. The van der Waals surface area contributed by atoms with Gasteiger partial charge in [0.1, 0.15) is 29.3 Å². The number of allylic oxidation sites excluding steroid dienone is 1. The monoisotopic (exact) mass is 804 g/mol. The average Bonchev–Trinajstić information content (AvgIpc) is 4.05. The Bertz CT molecular complexity index is 2060. The predicted octanol–water partition coefficient (Wildman–Crippen LogP) is 3.52. The van der Waals surface area contributed by atoms with Gasteiger partial charge in [-0.1, -0.05) is 38.1 Å². The first-order chi connectivity index (χ1) is 26.4. The van der Waals surface area contributed by atoms with Gasteiger partial charge < -0.3 is 29.7 Å². The zero-order valence-corrected chi connectivity index (χ0v) is 33.7. The molecule has 3 N–H and O–H groups in total. The summed E-state index contributed by atoms with van der Waals surface area (Å²) in [5.41, 5.74) is -2.73. The molecule has 6 rings (SSSR count). The molecule has 1 aromatic carbocycles. The molecule has 17 heteroatoms. The molecule has 1 aromatic heterocycles. The Hall–Kier alpha value is -4.51. The van der Waals surface area contributed by atoms with E-state index in [1.54, 1.807) is 45.0 Å². The number of hydrogen-bond donors (Lipinski definition) is 3. The molecule has 0 radical (unpaired) electrons. The van der Waals surface area contributed by atoms with Gasteiger partial charge in [-0.05, 0) is 83.3 Å². The van der Waals surface area contributed by atoms with Crippen molar-refractivity contribution in [2.45, 2.75) is 121 Å². The van der Waals surface area contributed by atoms with Gasteiger partial charge in [-0.15, -0.1) is 5.10 Å². The fourth-order valence-electron chi connectivity index (χ4n) is 7.71. The van der Waals surface area contributed by atoms with Crippen LogP contribution < -0.4 is 25.7 Å². The Labute approximate surface area is 331 Å². The summed E-state index contributed by atoms with van der Waals surface area (Å²) in [6.45, 7) is 9.36. The molecule has 4 aliphatic rings. The lowest BCUT2D eigenvalue weighted by atomic mass is 9.88. The van der Waals surface area contributed by atoms with Crippen molar-refractivity contribution >= 4 is 44.6 Å². The number of sulfonamides is 1. The number of alkyl carbamates (subject to hydrolysis) is 1. The zero-order valence-electron chi connectivity index (χ0n) is 32.9. The molecule has 2 aliphatic heterocycles. The highest BCUT2D eigenvalue weighted by Crippen LogP contribution is 2.46. The van der Waals surface area contributed by atoms with E-state index in [1.165, 1.54) is 16.7 Å². The Morgan fingerprint density at radius 2 is 1.79 bits per heavy atom. The van der Waals surface area contributed by atoms with E-state index in [-0.39, 0.29) is 60.1 Å². The standard InChI is InChI=1S/C39H54N6O10S.3H2/c1-23-11-7-8-12-25-21-39(25,36(49)43-56(51,52)27-15-16-27)41-32(46)30-20-26(22-44(30)35(48)31(24(2)19-23)40-37(50)55-38(3,4)5)54-33-28-13-9-10-14-29(28)34(47)45(42-33)17-18-53-6;;;/h8-10,12-14,23-27,30-31H,7,11,15-22H2,1-6H3,(H,40,50)(H,41,46)(H,43,49);3*1H/b12-8-;;;/t23-,24+,25+,26+,30-,31-,39+;;;/m0.../s1. The number of carbonyl (C=O) groups excluding carboxylic acids is 4. The van der Waals surface area contributed by atoms with Gasteiger partial charge in [0, 0.05) is 23.7 Å². The van der Waals surface area contributed by atoms with Crippen LogP contribution in [0.15, 0.2) is 41.2 Å². The Kier molecular flexibility index (Phi) is 11.9. The van der Waals surface area contributed by atoms with Crippen LogP contribution in [0.2, 0.25) is 0 Å². The van der Waals surface area contributed by atoms with E-state index in [1.807, 2.05) is 19.1 Å². The molecule has 56 heavy (non-hydrogen) atoms. The molecule has 1 saturated heterocycles. The number of carbonyl (C=O) groups is 4. The zero-order chi connectivity index (χ0) is 40.6. The second-order valence-electron chi connectivity index (χ2n) is 16.7. The normalized spacial score (nSPS) is 29.2. The van der Waals surface area contributed by atoms with Gasteiger partial charge in [-0.3, -0.25) is 23.9 Å². The number of methoxy groups -OCH3 is 1. The number of aromatic nitrogens is 2. The summed E-state index contributed by atoms with van der Waals surface area (Å²) < 4.78 is 46.5. The van der Waals surface area contributed by atoms with E-state index in [4.69, 9.17) is 14.2 Å². The molecule has 16 nitrogen and oxygen atoms in total. The third kappa shape index (κ3) is 9.20. The van der Waals surface area contributed by atoms with Crippen LogP contribution in [0.5, 0.6) is 5.88 Å². The number of benzene rings is 1. The lowest BCUT2D eigenvalue weighted by Gasteiger charge is -2.33. The number of fused-ring (bicyclic) bond motifs is 3. The highest BCUT2D eigenvalue weighted by Gasteiger charge is 2.62. The quantitative estimate of drug-likeness (QED) is 0.313. The van der Waals surface area contributed by atoms with Crippen LogP contribution >= 0.6 is 0 Å². The summed E-state index contributed by atoms with van der Waals surface area (Å²) in [5, 5.41) is 10.3. The van der Waals surface area contributed by atoms with Gasteiger partial charge in [0.25, 0.3) is 11.5 Å². The number of amides is 4. The van der Waals surface area contributed by atoms with Crippen molar-refractivity contribution in [3.05, 3.63) is 46.8 Å². The minimum Gasteiger partial charge on any atom is -0.471 e. The van der Waals surface area contributed by atoms with Crippen LogP contribution in [0, 0.1) is 17.8 Å². The second kappa shape index (κ2) is 16.2. The van der Waals surface area contributed by atoms with E-state index in [2.05, 4.69) is 27.4 Å². The van der Waals surface area contributed by atoms with Crippen LogP contribution in [0.3, 0.4) is 0 Å². The molecule has 7 atom stereocenters. The van der Waals surface area contributed by atoms with E-state index in [0.717, 1.165) is 6.42 Å². The minimum atomic E-state index is -3.93. The maximum absolute atomic E-state index is 14.8. The van der Waals surface area contributed by atoms with E-state index in [9.17, 15) is 32.4 Å². The Morgan fingerprint density at radius 3 is 2.46 bits per heavy atom. The summed E-state index contributed by atoms with van der Waals surface area (Å²) in [6, 6.07) is 4.56. The Balaban J connectivity index is 0.00000310. The number of hydrogen-bond acceptors (Lipinski definition) is 11. The predicted molar refractivity (Wildman–Crippen MR) is 212 cm³/mol. The fourth-order valence-corrected chi connectivity index (χ4v) is 9.07. The molecule has 0 bridgehead atoms. The second-order valence-corrected chi connectivity index (χ2v) is 18.7. The third-order valence-electron chi connectivity index (χ3n) is 10.9. The maximum atomic E-state index is 14.8. The topological polar surface area (TPSA) is 204 Å². The van der Waals surface area contributed by atoms with Crippen molar-refractivity contribution in [1.29, 1.82) is 0 Å². The van der Waals surface area contributed by atoms with Gasteiger partial charge in [-0.2, -0.15) is 0 Å². The van der Waals surface area contributed by atoms with Gasteiger partial charge >= 0.3 is 6.09 Å². The molecular weight excluding hydrogens is 745 g/mol. The Morgan fingerprint density at radius 1 is 1.07 bits per heavy atom. The van der Waals surface area contributed by atoms with Crippen molar-refractivity contribution in [3.8, 4) is 5.88 Å². The smallest absolute Gasteiger partial charge is 0.408 e. The van der Waals surface area contributed by atoms with E-state index >= 15 is 0 Å². The molecule has 312 valence electrons. The summed E-state index contributed by atoms with van der Waals surface area (Å²) in [7, 11) is -2.42. The van der Waals surface area contributed by atoms with Crippen LogP contribution in [0.4, 0.5) is 4.79 Å². The summed E-state index contributed by atoms with van der Waals surface area (Å²) in [4.78, 5) is 71.0. The fraction of sp³-hybridized carbons (Fsp3) is 0.641. The first-order valence-corrected chi connectivity index (χ1v) is 21.0. The summed E-state index contributed by atoms with van der Waals surface area (Å²) in [5.74, 6) is -2.63. The minimum absolute atomic E-state index is 0. The van der Waals surface area contributed by atoms with Crippen LogP contribution in [-0.4, -0.2) is 102 Å². The number of rotatable bonds is 9. The first-order valence-electron chi connectivity index (χ1n) is 19.4. The average molecular weight is 805 g/mol. The molecular formula is C39H60N6O10S. The molecule has 0 spiro atoms. The number of nitrogens with one attached hydrogen (secondary N) is 3. The van der Waals surface area contributed by atoms with Crippen molar-refractivity contribution in [2.24, 2.45) is 17.8 Å². The van der Waals surface area contributed by atoms with E-state index < -0.39 is 74.3 Å². The third-order valence-corrected chi connectivity index (χ3v) is 12.7. The van der Waals surface area contributed by atoms with Gasteiger partial charge in [0.05, 0.1) is 35.7 Å². The first kappa shape index (κ1) is 41.1. The van der Waals surface area contributed by atoms with Gasteiger partial charge in [-0.25, -0.2) is 17.9 Å².